The number of hydrogen-bond donors (Lipinski definition) is 1. The normalized spacial score (nSPS) is 29.7. The predicted octanol–water partition coefficient (Wildman–Crippen LogP) is 2.80. The minimum Gasteiger partial charge on any atom is -0.336 e. The second-order valence-electron chi connectivity index (χ2n) is 5.76. The summed E-state index contributed by atoms with van der Waals surface area (Å²) < 4.78 is 0. The number of amides is 1. The molecule has 0 aliphatic heterocycles. The van der Waals surface area contributed by atoms with Crippen LogP contribution in [0.5, 0.6) is 0 Å². The molecule has 2 fully saturated rings. The Morgan fingerprint density at radius 1 is 1.26 bits per heavy atom. The van der Waals surface area contributed by atoms with Crippen LogP contribution in [-0.4, -0.2) is 5.91 Å². The average Bonchev–Trinajstić information content (AvgIpc) is 3.08. The lowest BCUT2D eigenvalue weighted by molar-refractivity contribution is -0.127. The number of hydrogen-bond acceptors (Lipinski definition) is 2. The maximum absolute atomic E-state index is 12.3. The highest BCUT2D eigenvalue weighted by Gasteiger charge is 2.43. The molecule has 4 unspecified atom stereocenters. The number of carbonyl (C=O) groups is 1. The molecule has 0 spiro atoms. The van der Waals surface area contributed by atoms with E-state index in [4.69, 9.17) is 0 Å². The molecule has 4 atom stereocenters. The van der Waals surface area contributed by atoms with Crippen LogP contribution >= 0.6 is 0 Å². The maximum Gasteiger partial charge on any atom is 0.224 e. The van der Waals surface area contributed by atoms with Crippen molar-refractivity contribution < 1.29 is 4.79 Å². The summed E-state index contributed by atoms with van der Waals surface area (Å²) in [5, 5.41) is 12.1. The van der Waals surface area contributed by atoms with Gasteiger partial charge in [0.1, 0.15) is 6.04 Å². The van der Waals surface area contributed by atoms with Gasteiger partial charge in [-0.15, -0.1) is 0 Å². The molecule has 0 heterocycles. The zero-order valence-corrected chi connectivity index (χ0v) is 10.9. The van der Waals surface area contributed by atoms with Gasteiger partial charge in [-0.1, -0.05) is 36.8 Å². The van der Waals surface area contributed by atoms with Crippen LogP contribution in [0, 0.1) is 29.1 Å². The number of rotatable bonds is 3. The van der Waals surface area contributed by atoms with Crippen LogP contribution in [-0.2, 0) is 4.79 Å². The monoisotopic (exact) mass is 254 g/mol. The largest absolute Gasteiger partial charge is 0.336 e. The van der Waals surface area contributed by atoms with E-state index in [1.165, 1.54) is 19.3 Å². The Morgan fingerprint density at radius 3 is 2.63 bits per heavy atom. The van der Waals surface area contributed by atoms with E-state index in [2.05, 4.69) is 11.4 Å². The molecule has 1 amide bonds. The molecule has 0 aromatic heterocycles. The lowest BCUT2D eigenvalue weighted by atomic mass is 9.88. The number of benzene rings is 1. The van der Waals surface area contributed by atoms with Crippen molar-refractivity contribution in [3.05, 3.63) is 35.9 Å². The third-order valence-electron chi connectivity index (χ3n) is 4.62. The number of carbonyl (C=O) groups excluding carboxylic acids is 1. The van der Waals surface area contributed by atoms with Crippen LogP contribution in [0.3, 0.4) is 0 Å². The van der Waals surface area contributed by atoms with E-state index in [1.54, 1.807) is 0 Å². The summed E-state index contributed by atoms with van der Waals surface area (Å²) in [4.78, 5) is 12.3. The minimum atomic E-state index is -0.521. The van der Waals surface area contributed by atoms with Gasteiger partial charge in [0, 0.05) is 5.92 Å². The predicted molar refractivity (Wildman–Crippen MR) is 71.9 cm³/mol. The number of nitrogens with one attached hydrogen (secondary N) is 1. The summed E-state index contributed by atoms with van der Waals surface area (Å²) in [6.45, 7) is 0. The van der Waals surface area contributed by atoms with Gasteiger partial charge in [0.15, 0.2) is 0 Å². The lowest BCUT2D eigenvalue weighted by Gasteiger charge is -2.22. The SMILES string of the molecule is N#CC(NC(=O)C1CC2CCC1C2)c1ccccc1. The van der Waals surface area contributed by atoms with Crippen LogP contribution in [0.15, 0.2) is 30.3 Å². The van der Waals surface area contributed by atoms with E-state index in [9.17, 15) is 10.1 Å². The number of fused-ring (bicyclic) bond motifs is 2. The van der Waals surface area contributed by atoms with Crippen molar-refractivity contribution in [3.63, 3.8) is 0 Å². The van der Waals surface area contributed by atoms with Gasteiger partial charge in [0.05, 0.1) is 6.07 Å². The first-order chi connectivity index (χ1) is 9.28. The Kier molecular flexibility index (Phi) is 3.25. The van der Waals surface area contributed by atoms with Crippen molar-refractivity contribution in [3.8, 4) is 6.07 Å². The van der Waals surface area contributed by atoms with E-state index in [-0.39, 0.29) is 11.8 Å². The van der Waals surface area contributed by atoms with Crippen LogP contribution in [0.2, 0.25) is 0 Å². The van der Waals surface area contributed by atoms with Crippen LogP contribution in [0.4, 0.5) is 0 Å². The standard InChI is InChI=1S/C16H18N2O/c17-10-15(12-4-2-1-3-5-12)18-16(19)14-9-11-6-7-13(14)8-11/h1-5,11,13-15H,6-9H2,(H,18,19). The molecule has 98 valence electrons. The molecular formula is C16H18N2O. The van der Waals surface area contributed by atoms with Crippen molar-refractivity contribution >= 4 is 5.91 Å². The Hall–Kier alpha value is -1.82. The molecule has 19 heavy (non-hydrogen) atoms. The third kappa shape index (κ3) is 2.35. The molecule has 2 aliphatic rings. The molecule has 0 radical (unpaired) electrons. The van der Waals surface area contributed by atoms with Gasteiger partial charge >= 0.3 is 0 Å². The summed E-state index contributed by atoms with van der Waals surface area (Å²) in [6.07, 6.45) is 4.70. The number of nitriles is 1. The molecule has 1 N–H and O–H groups in total. The Bertz CT molecular complexity index is 505. The first kappa shape index (κ1) is 12.2. The van der Waals surface area contributed by atoms with E-state index < -0.39 is 6.04 Å². The fraction of sp³-hybridized carbons (Fsp3) is 0.500. The van der Waals surface area contributed by atoms with Crippen molar-refractivity contribution in [1.29, 1.82) is 5.26 Å². The summed E-state index contributed by atoms with van der Waals surface area (Å²) in [5.41, 5.74) is 0.863. The second kappa shape index (κ2) is 5.05. The fourth-order valence-corrected chi connectivity index (χ4v) is 3.65. The molecule has 1 aromatic rings. The van der Waals surface area contributed by atoms with Gasteiger partial charge in [-0.25, -0.2) is 0 Å². The minimum absolute atomic E-state index is 0.0719. The van der Waals surface area contributed by atoms with E-state index in [1.807, 2.05) is 30.3 Å². The molecule has 1 aromatic carbocycles. The molecule has 2 bridgehead atoms. The van der Waals surface area contributed by atoms with E-state index in [0.29, 0.717) is 5.92 Å². The van der Waals surface area contributed by atoms with Gasteiger partial charge in [0.2, 0.25) is 5.91 Å². The summed E-state index contributed by atoms with van der Waals surface area (Å²) in [7, 11) is 0. The van der Waals surface area contributed by atoms with Crippen LogP contribution in [0.1, 0.15) is 37.3 Å². The van der Waals surface area contributed by atoms with Gasteiger partial charge < -0.3 is 5.32 Å². The highest BCUT2D eigenvalue weighted by molar-refractivity contribution is 5.80. The first-order valence-electron chi connectivity index (χ1n) is 7.03. The third-order valence-corrected chi connectivity index (χ3v) is 4.62. The van der Waals surface area contributed by atoms with Gasteiger partial charge in [-0.05, 0) is 36.7 Å². The topological polar surface area (TPSA) is 52.9 Å². The van der Waals surface area contributed by atoms with Crippen molar-refractivity contribution in [2.75, 3.05) is 0 Å². The highest BCUT2D eigenvalue weighted by atomic mass is 16.2. The molecule has 3 heteroatoms. The van der Waals surface area contributed by atoms with E-state index >= 15 is 0 Å². The van der Waals surface area contributed by atoms with Crippen LogP contribution < -0.4 is 5.32 Å². The van der Waals surface area contributed by atoms with Crippen molar-refractivity contribution in [1.82, 2.24) is 5.32 Å². The Morgan fingerprint density at radius 2 is 2.05 bits per heavy atom. The van der Waals surface area contributed by atoms with Crippen molar-refractivity contribution in [2.45, 2.75) is 31.7 Å². The summed E-state index contributed by atoms with van der Waals surface area (Å²) >= 11 is 0. The van der Waals surface area contributed by atoms with Gasteiger partial charge in [0.25, 0.3) is 0 Å². The zero-order valence-electron chi connectivity index (χ0n) is 10.9. The molecule has 0 saturated heterocycles. The molecule has 2 aliphatic carbocycles. The zero-order chi connectivity index (χ0) is 13.2. The Labute approximate surface area is 113 Å². The van der Waals surface area contributed by atoms with E-state index in [0.717, 1.165) is 17.9 Å². The maximum atomic E-state index is 12.3. The highest BCUT2D eigenvalue weighted by Crippen LogP contribution is 2.48. The molecular weight excluding hydrogens is 236 g/mol. The summed E-state index contributed by atoms with van der Waals surface area (Å²) in [5.74, 6) is 1.51. The Balaban J connectivity index is 1.67. The average molecular weight is 254 g/mol. The quantitative estimate of drug-likeness (QED) is 0.901. The van der Waals surface area contributed by atoms with Gasteiger partial charge in [-0.2, -0.15) is 5.26 Å². The summed E-state index contributed by atoms with van der Waals surface area (Å²) in [6, 6.07) is 11.1. The molecule has 3 nitrogen and oxygen atoms in total. The van der Waals surface area contributed by atoms with Crippen molar-refractivity contribution in [2.24, 2.45) is 17.8 Å². The van der Waals surface area contributed by atoms with Gasteiger partial charge in [-0.3, -0.25) is 4.79 Å². The molecule has 3 rings (SSSR count). The smallest absolute Gasteiger partial charge is 0.224 e. The lowest BCUT2D eigenvalue weighted by Crippen LogP contribution is -2.35. The van der Waals surface area contributed by atoms with Crippen LogP contribution in [0.25, 0.3) is 0 Å². The number of nitrogens with zero attached hydrogens (tertiary/aromatic N) is 1. The fourth-order valence-electron chi connectivity index (χ4n) is 3.65. The second-order valence-corrected chi connectivity index (χ2v) is 5.76. The first-order valence-corrected chi connectivity index (χ1v) is 7.03. The molecule has 2 saturated carbocycles.